The lowest BCUT2D eigenvalue weighted by Gasteiger charge is -2.26. The second-order valence-corrected chi connectivity index (χ2v) is 5.87. The minimum atomic E-state index is 0.626. The number of hydrogen-bond acceptors (Lipinski definition) is 2. The smallest absolute Gasteiger partial charge is 0.119 e. The molecule has 2 rings (SSSR count). The molecule has 1 fully saturated rings. The Morgan fingerprint density at radius 3 is 2.25 bits per heavy atom. The lowest BCUT2D eigenvalue weighted by molar-refractivity contribution is 0.339. The second kappa shape index (κ2) is 7.68. The van der Waals surface area contributed by atoms with Gasteiger partial charge in [0.1, 0.15) is 5.75 Å². The van der Waals surface area contributed by atoms with Crippen LogP contribution in [-0.4, -0.2) is 19.2 Å². The zero-order chi connectivity index (χ0) is 14.4. The highest BCUT2D eigenvalue weighted by Gasteiger charge is 2.25. The topological polar surface area (TPSA) is 21.3 Å². The maximum atomic E-state index is 5.55. The number of benzene rings is 1. The maximum absolute atomic E-state index is 5.55. The lowest BCUT2D eigenvalue weighted by Crippen LogP contribution is -2.28. The molecule has 0 bridgehead atoms. The molecule has 1 aromatic rings. The summed E-state index contributed by atoms with van der Waals surface area (Å²) in [5.74, 6) is 2.37. The number of rotatable bonds is 9. The molecule has 1 unspecified atom stereocenters. The van der Waals surface area contributed by atoms with Crippen molar-refractivity contribution < 1.29 is 4.74 Å². The van der Waals surface area contributed by atoms with Crippen LogP contribution >= 0.6 is 0 Å². The van der Waals surface area contributed by atoms with E-state index in [1.54, 1.807) is 0 Å². The number of nitrogens with one attached hydrogen (secondary N) is 1. The van der Waals surface area contributed by atoms with E-state index in [0.717, 1.165) is 30.9 Å². The molecule has 0 aliphatic heterocycles. The maximum Gasteiger partial charge on any atom is 0.119 e. The van der Waals surface area contributed by atoms with Crippen LogP contribution in [0.2, 0.25) is 0 Å². The van der Waals surface area contributed by atoms with Crippen LogP contribution in [0.5, 0.6) is 5.75 Å². The Bertz CT molecular complexity index is 379. The van der Waals surface area contributed by atoms with Gasteiger partial charge in [-0.15, -0.1) is 0 Å². The Hall–Kier alpha value is -1.02. The zero-order valence-corrected chi connectivity index (χ0v) is 13.2. The molecule has 20 heavy (non-hydrogen) atoms. The fraction of sp³-hybridized carbons (Fsp3) is 0.667. The van der Waals surface area contributed by atoms with Crippen LogP contribution in [-0.2, 0) is 0 Å². The summed E-state index contributed by atoms with van der Waals surface area (Å²) in [5, 5.41) is 3.71. The summed E-state index contributed by atoms with van der Waals surface area (Å²) in [6, 6.07) is 9.52. The van der Waals surface area contributed by atoms with Crippen molar-refractivity contribution in [1.82, 2.24) is 5.32 Å². The molecule has 0 heterocycles. The average Bonchev–Trinajstić information content (AvgIpc) is 3.29. The van der Waals surface area contributed by atoms with E-state index < -0.39 is 0 Å². The van der Waals surface area contributed by atoms with Crippen molar-refractivity contribution in [1.29, 1.82) is 0 Å². The predicted molar refractivity (Wildman–Crippen MR) is 85.4 cm³/mol. The summed E-state index contributed by atoms with van der Waals surface area (Å²) in [7, 11) is 0. The Morgan fingerprint density at radius 2 is 1.75 bits per heavy atom. The molecule has 2 heteroatoms. The highest BCUT2D eigenvalue weighted by atomic mass is 16.5. The monoisotopic (exact) mass is 275 g/mol. The second-order valence-electron chi connectivity index (χ2n) is 5.87. The Kier molecular flexibility index (Phi) is 5.90. The van der Waals surface area contributed by atoms with Gasteiger partial charge in [0.05, 0.1) is 6.61 Å². The third-order valence-electron chi connectivity index (χ3n) is 4.44. The minimum Gasteiger partial charge on any atom is -0.494 e. The van der Waals surface area contributed by atoms with Gasteiger partial charge in [-0.25, -0.2) is 0 Å². The van der Waals surface area contributed by atoms with Crippen LogP contribution in [0.3, 0.4) is 0 Å². The summed E-state index contributed by atoms with van der Waals surface area (Å²) >= 11 is 0. The van der Waals surface area contributed by atoms with E-state index in [0.29, 0.717) is 5.92 Å². The van der Waals surface area contributed by atoms with Crippen LogP contribution in [0, 0.1) is 5.92 Å². The number of ether oxygens (including phenoxy) is 1. The molecule has 112 valence electrons. The van der Waals surface area contributed by atoms with Gasteiger partial charge in [0.25, 0.3) is 0 Å². The first-order valence-corrected chi connectivity index (χ1v) is 8.24. The van der Waals surface area contributed by atoms with Crippen molar-refractivity contribution in [2.75, 3.05) is 13.2 Å². The lowest BCUT2D eigenvalue weighted by atomic mass is 9.82. The molecule has 1 aliphatic rings. The van der Waals surface area contributed by atoms with E-state index >= 15 is 0 Å². The van der Waals surface area contributed by atoms with Crippen LogP contribution < -0.4 is 10.1 Å². The molecule has 0 saturated heterocycles. The molecule has 0 aromatic heterocycles. The third-order valence-corrected chi connectivity index (χ3v) is 4.44. The highest BCUT2D eigenvalue weighted by molar-refractivity contribution is 5.30. The van der Waals surface area contributed by atoms with E-state index in [2.05, 4.69) is 43.4 Å². The molecule has 0 amide bonds. The molecular formula is C18H29NO. The Labute approximate surface area is 123 Å². The van der Waals surface area contributed by atoms with Crippen molar-refractivity contribution in [3.8, 4) is 5.75 Å². The molecule has 1 aromatic carbocycles. The van der Waals surface area contributed by atoms with E-state index in [1.807, 2.05) is 6.92 Å². The van der Waals surface area contributed by atoms with Gasteiger partial charge in [0.15, 0.2) is 0 Å². The SMILES string of the molecule is CCOc1ccc(C(CNC2CC2)C(CC)CC)cc1. The molecule has 0 spiro atoms. The minimum absolute atomic E-state index is 0.626. The van der Waals surface area contributed by atoms with E-state index in [1.165, 1.54) is 31.2 Å². The highest BCUT2D eigenvalue weighted by Crippen LogP contribution is 2.31. The van der Waals surface area contributed by atoms with Crippen LogP contribution in [0.1, 0.15) is 57.9 Å². The van der Waals surface area contributed by atoms with E-state index in [9.17, 15) is 0 Å². The van der Waals surface area contributed by atoms with Crippen LogP contribution in [0.4, 0.5) is 0 Å². The van der Waals surface area contributed by atoms with Gasteiger partial charge in [-0.2, -0.15) is 0 Å². The Balaban J connectivity index is 2.06. The standard InChI is InChI=1S/C18H29NO/c1-4-14(5-2)18(13-19-16-9-10-16)15-7-11-17(12-8-15)20-6-3/h7-8,11-12,14,16,18-19H,4-6,9-10,13H2,1-3H3. The fourth-order valence-corrected chi connectivity index (χ4v) is 2.97. The quantitative estimate of drug-likeness (QED) is 0.723. The molecular weight excluding hydrogens is 246 g/mol. The average molecular weight is 275 g/mol. The summed E-state index contributed by atoms with van der Waals surface area (Å²) in [6.45, 7) is 8.50. The van der Waals surface area contributed by atoms with Gasteiger partial charge in [-0.1, -0.05) is 38.8 Å². The van der Waals surface area contributed by atoms with Crippen molar-refractivity contribution in [3.63, 3.8) is 0 Å². The molecule has 1 N–H and O–H groups in total. The molecule has 1 atom stereocenters. The largest absolute Gasteiger partial charge is 0.494 e. The Morgan fingerprint density at radius 1 is 1.10 bits per heavy atom. The molecule has 1 aliphatic carbocycles. The van der Waals surface area contributed by atoms with Gasteiger partial charge < -0.3 is 10.1 Å². The molecule has 1 saturated carbocycles. The van der Waals surface area contributed by atoms with Crippen LogP contribution in [0.15, 0.2) is 24.3 Å². The summed E-state index contributed by atoms with van der Waals surface area (Å²) in [5.41, 5.74) is 1.45. The van der Waals surface area contributed by atoms with Crippen LogP contribution in [0.25, 0.3) is 0 Å². The normalized spacial score (nSPS) is 16.4. The molecule has 2 nitrogen and oxygen atoms in total. The fourth-order valence-electron chi connectivity index (χ4n) is 2.97. The number of hydrogen-bond donors (Lipinski definition) is 1. The zero-order valence-electron chi connectivity index (χ0n) is 13.2. The summed E-state index contributed by atoms with van der Waals surface area (Å²) < 4.78 is 5.55. The van der Waals surface area contributed by atoms with Crippen molar-refractivity contribution in [2.45, 2.75) is 58.4 Å². The summed E-state index contributed by atoms with van der Waals surface area (Å²) in [4.78, 5) is 0. The first-order chi connectivity index (χ1) is 9.78. The van der Waals surface area contributed by atoms with Crippen molar-refractivity contribution in [3.05, 3.63) is 29.8 Å². The molecule has 0 radical (unpaired) electrons. The van der Waals surface area contributed by atoms with Crippen molar-refractivity contribution >= 4 is 0 Å². The first-order valence-electron chi connectivity index (χ1n) is 8.24. The van der Waals surface area contributed by atoms with Gasteiger partial charge in [0, 0.05) is 12.6 Å². The predicted octanol–water partition coefficient (Wildman–Crippen LogP) is 4.36. The van der Waals surface area contributed by atoms with Crippen molar-refractivity contribution in [2.24, 2.45) is 5.92 Å². The third kappa shape index (κ3) is 4.24. The van der Waals surface area contributed by atoms with Gasteiger partial charge in [0.2, 0.25) is 0 Å². The van der Waals surface area contributed by atoms with E-state index in [-0.39, 0.29) is 0 Å². The summed E-state index contributed by atoms with van der Waals surface area (Å²) in [6.07, 6.45) is 5.22. The van der Waals surface area contributed by atoms with Gasteiger partial charge in [-0.05, 0) is 49.3 Å². The van der Waals surface area contributed by atoms with Gasteiger partial charge in [-0.3, -0.25) is 0 Å². The van der Waals surface area contributed by atoms with Gasteiger partial charge >= 0.3 is 0 Å². The first kappa shape index (κ1) is 15.4. The van der Waals surface area contributed by atoms with E-state index in [4.69, 9.17) is 4.74 Å².